The average molecular weight is 329 g/mol. The summed E-state index contributed by atoms with van der Waals surface area (Å²) in [7, 11) is 0. The number of rotatable bonds is 5. The molecular weight excluding hydrogens is 318 g/mol. The lowest BCUT2D eigenvalue weighted by Crippen LogP contribution is -2.13. The number of halogens is 3. The molecule has 1 N–H and O–H groups in total. The van der Waals surface area contributed by atoms with Gasteiger partial charge in [0.05, 0.1) is 9.95 Å². The van der Waals surface area contributed by atoms with Crippen molar-refractivity contribution in [3.63, 3.8) is 0 Å². The Hall–Kier alpha value is -1.69. The number of nitrogens with zero attached hydrogens (tertiary/aromatic N) is 1. The number of nitro benzene ring substituents is 1. The molecule has 2 aromatic rings. The van der Waals surface area contributed by atoms with E-state index in [0.717, 1.165) is 5.56 Å². The fourth-order valence-corrected chi connectivity index (χ4v) is 2.19. The fraction of sp³-hybridized carbons (Fsp3) is 0.143. The van der Waals surface area contributed by atoms with Crippen molar-refractivity contribution < 1.29 is 9.31 Å². The van der Waals surface area contributed by atoms with Crippen molar-refractivity contribution in [3.05, 3.63) is 73.5 Å². The van der Waals surface area contributed by atoms with Crippen LogP contribution in [0.4, 0.5) is 10.1 Å². The third-order valence-corrected chi connectivity index (χ3v) is 3.53. The molecule has 21 heavy (non-hydrogen) atoms. The van der Waals surface area contributed by atoms with E-state index in [9.17, 15) is 14.5 Å². The topological polar surface area (TPSA) is 55.2 Å². The highest BCUT2D eigenvalue weighted by atomic mass is 35.5. The maximum Gasteiger partial charge on any atom is 0.269 e. The maximum absolute atomic E-state index is 13.0. The molecule has 0 atom stereocenters. The number of hydrogen-bond donors (Lipinski definition) is 1. The molecule has 0 saturated carbocycles. The van der Waals surface area contributed by atoms with Crippen molar-refractivity contribution in [1.82, 2.24) is 5.32 Å². The lowest BCUT2D eigenvalue weighted by Gasteiger charge is -2.07. The predicted molar refractivity (Wildman–Crippen MR) is 80.1 cm³/mol. The first-order valence-corrected chi connectivity index (χ1v) is 6.80. The van der Waals surface area contributed by atoms with Crippen LogP contribution in [0.1, 0.15) is 11.1 Å². The highest BCUT2D eigenvalue weighted by molar-refractivity contribution is 6.31. The minimum Gasteiger partial charge on any atom is -0.309 e. The summed E-state index contributed by atoms with van der Waals surface area (Å²) in [4.78, 5) is 10.2. The van der Waals surface area contributed by atoms with Gasteiger partial charge in [0.1, 0.15) is 5.82 Å². The minimum atomic E-state index is -0.473. The standard InChI is InChI=1S/C14H11Cl2FN2O2/c15-12-3-2-11(19(20)21)6-10(12)8-18-7-9-1-4-14(17)13(16)5-9/h1-6,18H,7-8H2. The van der Waals surface area contributed by atoms with Gasteiger partial charge in [0.25, 0.3) is 5.69 Å². The monoisotopic (exact) mass is 328 g/mol. The van der Waals surface area contributed by atoms with Gasteiger partial charge < -0.3 is 5.32 Å². The summed E-state index contributed by atoms with van der Waals surface area (Å²) in [6, 6.07) is 8.70. The van der Waals surface area contributed by atoms with Crippen LogP contribution in [-0.2, 0) is 13.1 Å². The number of non-ortho nitro benzene ring substituents is 1. The van der Waals surface area contributed by atoms with Gasteiger partial charge in [0.2, 0.25) is 0 Å². The molecule has 0 spiro atoms. The molecule has 0 fully saturated rings. The first-order valence-electron chi connectivity index (χ1n) is 6.05. The lowest BCUT2D eigenvalue weighted by molar-refractivity contribution is -0.384. The second kappa shape index (κ2) is 6.85. The van der Waals surface area contributed by atoms with E-state index in [1.54, 1.807) is 6.07 Å². The number of hydrogen-bond acceptors (Lipinski definition) is 3. The zero-order valence-corrected chi connectivity index (χ0v) is 12.3. The summed E-state index contributed by atoms with van der Waals surface area (Å²) in [6.45, 7) is 0.800. The molecule has 0 saturated heterocycles. The fourth-order valence-electron chi connectivity index (χ4n) is 1.80. The van der Waals surface area contributed by atoms with Crippen LogP contribution in [0.25, 0.3) is 0 Å². The third kappa shape index (κ3) is 4.14. The Balaban J connectivity index is 2.01. The molecule has 2 aromatic carbocycles. The van der Waals surface area contributed by atoms with Gasteiger partial charge >= 0.3 is 0 Å². The van der Waals surface area contributed by atoms with E-state index in [2.05, 4.69) is 5.32 Å². The summed E-state index contributed by atoms with van der Waals surface area (Å²) >= 11 is 11.7. The summed E-state index contributed by atoms with van der Waals surface area (Å²) in [5.41, 5.74) is 1.42. The molecule has 0 amide bonds. The van der Waals surface area contributed by atoms with Gasteiger partial charge in [-0.1, -0.05) is 29.3 Å². The van der Waals surface area contributed by atoms with Gasteiger partial charge in [-0.2, -0.15) is 0 Å². The molecule has 0 heterocycles. The van der Waals surface area contributed by atoms with Crippen LogP contribution in [0.2, 0.25) is 10.0 Å². The highest BCUT2D eigenvalue weighted by Crippen LogP contribution is 2.22. The van der Waals surface area contributed by atoms with Crippen molar-refractivity contribution in [3.8, 4) is 0 Å². The SMILES string of the molecule is O=[N+]([O-])c1ccc(Cl)c(CNCc2ccc(F)c(Cl)c2)c1. The van der Waals surface area contributed by atoms with Crippen molar-refractivity contribution in [2.45, 2.75) is 13.1 Å². The number of nitro groups is 1. The molecular formula is C14H11Cl2FN2O2. The largest absolute Gasteiger partial charge is 0.309 e. The Labute approximate surface area is 130 Å². The van der Waals surface area contributed by atoms with Crippen molar-refractivity contribution in [2.24, 2.45) is 0 Å². The number of benzene rings is 2. The molecule has 0 aliphatic rings. The first-order chi connectivity index (χ1) is 9.97. The molecule has 0 radical (unpaired) electrons. The Morgan fingerprint density at radius 2 is 1.86 bits per heavy atom. The van der Waals surface area contributed by atoms with E-state index in [4.69, 9.17) is 23.2 Å². The smallest absolute Gasteiger partial charge is 0.269 e. The van der Waals surface area contributed by atoms with Gasteiger partial charge in [0, 0.05) is 30.2 Å². The summed E-state index contributed by atoms with van der Waals surface area (Å²) in [5, 5.41) is 14.3. The van der Waals surface area contributed by atoms with Crippen molar-refractivity contribution >= 4 is 28.9 Å². The maximum atomic E-state index is 13.0. The van der Waals surface area contributed by atoms with E-state index < -0.39 is 10.7 Å². The van der Waals surface area contributed by atoms with E-state index in [-0.39, 0.29) is 10.7 Å². The molecule has 0 aromatic heterocycles. The summed E-state index contributed by atoms with van der Waals surface area (Å²) in [6.07, 6.45) is 0. The highest BCUT2D eigenvalue weighted by Gasteiger charge is 2.09. The first kappa shape index (κ1) is 15.7. The van der Waals surface area contributed by atoms with Crippen LogP contribution in [-0.4, -0.2) is 4.92 Å². The van der Waals surface area contributed by atoms with Crippen molar-refractivity contribution in [2.75, 3.05) is 0 Å². The van der Waals surface area contributed by atoms with Crippen LogP contribution in [0.3, 0.4) is 0 Å². The quantitative estimate of drug-likeness (QED) is 0.656. The lowest BCUT2D eigenvalue weighted by atomic mass is 10.2. The predicted octanol–water partition coefficient (Wildman–Crippen LogP) is 4.33. The molecule has 0 aliphatic carbocycles. The second-order valence-electron chi connectivity index (χ2n) is 4.38. The second-order valence-corrected chi connectivity index (χ2v) is 5.20. The van der Waals surface area contributed by atoms with Crippen LogP contribution >= 0.6 is 23.2 Å². The van der Waals surface area contributed by atoms with Crippen LogP contribution in [0.5, 0.6) is 0 Å². The molecule has 2 rings (SSSR count). The minimum absolute atomic E-state index is 0.0129. The molecule has 4 nitrogen and oxygen atoms in total. The summed E-state index contributed by atoms with van der Waals surface area (Å²) < 4.78 is 13.0. The van der Waals surface area contributed by atoms with Crippen molar-refractivity contribution in [1.29, 1.82) is 0 Å². The van der Waals surface area contributed by atoms with E-state index in [0.29, 0.717) is 23.7 Å². The van der Waals surface area contributed by atoms with Gasteiger partial charge in [-0.05, 0) is 29.3 Å². The van der Waals surface area contributed by atoms with Gasteiger partial charge in [-0.15, -0.1) is 0 Å². The van der Waals surface area contributed by atoms with Gasteiger partial charge in [0.15, 0.2) is 0 Å². The molecule has 0 aliphatic heterocycles. The van der Waals surface area contributed by atoms with Crippen LogP contribution in [0, 0.1) is 15.9 Å². The third-order valence-electron chi connectivity index (χ3n) is 2.87. The molecule has 110 valence electrons. The zero-order valence-electron chi connectivity index (χ0n) is 10.8. The van der Waals surface area contributed by atoms with Gasteiger partial charge in [-0.3, -0.25) is 10.1 Å². The Bertz CT molecular complexity index is 680. The van der Waals surface area contributed by atoms with E-state index in [1.165, 1.54) is 30.3 Å². The molecule has 7 heteroatoms. The van der Waals surface area contributed by atoms with Gasteiger partial charge in [-0.25, -0.2) is 4.39 Å². The van der Waals surface area contributed by atoms with Crippen LogP contribution in [0.15, 0.2) is 36.4 Å². The Morgan fingerprint density at radius 1 is 1.10 bits per heavy atom. The number of nitrogens with one attached hydrogen (secondary N) is 1. The Morgan fingerprint density at radius 3 is 2.52 bits per heavy atom. The zero-order chi connectivity index (χ0) is 15.4. The normalized spacial score (nSPS) is 10.6. The van der Waals surface area contributed by atoms with E-state index >= 15 is 0 Å². The van der Waals surface area contributed by atoms with Crippen LogP contribution < -0.4 is 5.32 Å². The van der Waals surface area contributed by atoms with E-state index in [1.807, 2.05) is 0 Å². The Kier molecular flexibility index (Phi) is 5.12. The average Bonchev–Trinajstić information content (AvgIpc) is 2.44. The summed E-state index contributed by atoms with van der Waals surface area (Å²) in [5.74, 6) is -0.470. The molecule has 0 unspecified atom stereocenters. The molecule has 0 bridgehead atoms.